The normalized spacial score (nSPS) is 10.2. The third kappa shape index (κ3) is 3.52. The lowest BCUT2D eigenvalue weighted by Crippen LogP contribution is -2.41. The standard InChI is InChI=1S/C14H15N3O3/c1-2-20-13(18)9-15-17-14(19)12-8-7-10-5-3-4-6-11(10)16-12/h3-8,15H,2,9H2,1H3,(H,17,19). The largest absolute Gasteiger partial charge is 0.465 e. The maximum absolute atomic E-state index is 11.8. The Kier molecular flexibility index (Phi) is 4.62. The smallest absolute Gasteiger partial charge is 0.321 e. The van der Waals surface area contributed by atoms with Crippen molar-refractivity contribution in [2.75, 3.05) is 13.2 Å². The number of benzene rings is 1. The number of ether oxygens (including phenoxy) is 1. The van der Waals surface area contributed by atoms with Gasteiger partial charge in [-0.3, -0.25) is 15.0 Å². The molecule has 20 heavy (non-hydrogen) atoms. The average molecular weight is 273 g/mol. The Balaban J connectivity index is 1.95. The van der Waals surface area contributed by atoms with Crippen molar-refractivity contribution in [1.29, 1.82) is 0 Å². The summed E-state index contributed by atoms with van der Waals surface area (Å²) in [6.45, 7) is 1.93. The van der Waals surface area contributed by atoms with Crippen molar-refractivity contribution in [2.24, 2.45) is 0 Å². The molecule has 2 rings (SSSR count). The molecule has 0 radical (unpaired) electrons. The number of hydrogen-bond acceptors (Lipinski definition) is 5. The zero-order valence-corrected chi connectivity index (χ0v) is 11.1. The second-order valence-electron chi connectivity index (χ2n) is 4.00. The Hall–Kier alpha value is -2.47. The fourth-order valence-corrected chi connectivity index (χ4v) is 1.67. The van der Waals surface area contributed by atoms with Gasteiger partial charge in [-0.15, -0.1) is 0 Å². The molecule has 0 aliphatic heterocycles. The van der Waals surface area contributed by atoms with Crippen LogP contribution in [-0.2, 0) is 9.53 Å². The minimum Gasteiger partial charge on any atom is -0.465 e. The van der Waals surface area contributed by atoms with Crippen molar-refractivity contribution in [2.45, 2.75) is 6.92 Å². The Bertz CT molecular complexity index is 628. The number of nitrogens with zero attached hydrogens (tertiary/aromatic N) is 1. The number of esters is 1. The zero-order chi connectivity index (χ0) is 14.4. The monoisotopic (exact) mass is 273 g/mol. The van der Waals surface area contributed by atoms with Gasteiger partial charge < -0.3 is 4.74 Å². The number of hydrazine groups is 1. The third-order valence-electron chi connectivity index (χ3n) is 2.57. The van der Waals surface area contributed by atoms with E-state index in [0.29, 0.717) is 6.61 Å². The van der Waals surface area contributed by atoms with Gasteiger partial charge in [0.2, 0.25) is 0 Å². The lowest BCUT2D eigenvalue weighted by molar-refractivity contribution is -0.142. The van der Waals surface area contributed by atoms with Crippen LogP contribution in [0.2, 0.25) is 0 Å². The van der Waals surface area contributed by atoms with Crippen LogP contribution in [0.25, 0.3) is 10.9 Å². The maximum Gasteiger partial charge on any atom is 0.321 e. The Morgan fingerprint density at radius 2 is 2.00 bits per heavy atom. The first kappa shape index (κ1) is 14.0. The fraction of sp³-hybridized carbons (Fsp3) is 0.214. The summed E-state index contributed by atoms with van der Waals surface area (Å²) in [5.41, 5.74) is 5.92. The van der Waals surface area contributed by atoms with Gasteiger partial charge in [0.25, 0.3) is 5.91 Å². The van der Waals surface area contributed by atoms with Crippen LogP contribution in [0.15, 0.2) is 36.4 Å². The van der Waals surface area contributed by atoms with Crippen molar-refractivity contribution in [1.82, 2.24) is 15.8 Å². The highest BCUT2D eigenvalue weighted by Gasteiger charge is 2.08. The Morgan fingerprint density at radius 1 is 1.20 bits per heavy atom. The molecule has 0 aliphatic carbocycles. The van der Waals surface area contributed by atoms with E-state index in [-0.39, 0.29) is 12.2 Å². The molecule has 0 saturated carbocycles. The van der Waals surface area contributed by atoms with E-state index in [1.54, 1.807) is 13.0 Å². The molecule has 0 unspecified atom stereocenters. The van der Waals surface area contributed by atoms with Gasteiger partial charge in [-0.05, 0) is 19.1 Å². The number of amides is 1. The number of pyridine rings is 1. The van der Waals surface area contributed by atoms with E-state index < -0.39 is 11.9 Å². The first-order valence-corrected chi connectivity index (χ1v) is 6.25. The first-order valence-electron chi connectivity index (χ1n) is 6.25. The summed E-state index contributed by atoms with van der Waals surface area (Å²) in [5, 5.41) is 0.962. The van der Waals surface area contributed by atoms with Crippen molar-refractivity contribution in [3.05, 3.63) is 42.1 Å². The lowest BCUT2D eigenvalue weighted by Gasteiger charge is -2.07. The van der Waals surface area contributed by atoms with Gasteiger partial charge in [-0.25, -0.2) is 10.4 Å². The third-order valence-corrected chi connectivity index (χ3v) is 2.57. The predicted molar refractivity (Wildman–Crippen MR) is 73.8 cm³/mol. The van der Waals surface area contributed by atoms with E-state index in [0.717, 1.165) is 10.9 Å². The van der Waals surface area contributed by atoms with Gasteiger partial charge in [0.15, 0.2) is 0 Å². The number of rotatable bonds is 5. The van der Waals surface area contributed by atoms with Crippen molar-refractivity contribution >= 4 is 22.8 Å². The van der Waals surface area contributed by atoms with Crippen LogP contribution in [0.5, 0.6) is 0 Å². The summed E-state index contributed by atoms with van der Waals surface area (Å²) in [6, 6.07) is 11.0. The molecular formula is C14H15N3O3. The number of carbonyl (C=O) groups is 2. The highest BCUT2D eigenvalue weighted by Crippen LogP contribution is 2.11. The number of carbonyl (C=O) groups excluding carboxylic acids is 2. The summed E-state index contributed by atoms with van der Waals surface area (Å²) in [6.07, 6.45) is 0. The lowest BCUT2D eigenvalue weighted by atomic mass is 10.2. The molecule has 0 bridgehead atoms. The maximum atomic E-state index is 11.8. The first-order chi connectivity index (χ1) is 9.70. The van der Waals surface area contributed by atoms with Crippen LogP contribution in [0, 0.1) is 0 Å². The number of hydrogen-bond donors (Lipinski definition) is 2. The Labute approximate surface area is 116 Å². The van der Waals surface area contributed by atoms with Gasteiger partial charge in [-0.2, -0.15) is 0 Å². The zero-order valence-electron chi connectivity index (χ0n) is 11.1. The van der Waals surface area contributed by atoms with Gasteiger partial charge in [0.1, 0.15) is 12.2 Å². The molecule has 2 N–H and O–H groups in total. The van der Waals surface area contributed by atoms with Crippen LogP contribution >= 0.6 is 0 Å². The van der Waals surface area contributed by atoms with Crippen LogP contribution in [0.4, 0.5) is 0 Å². The highest BCUT2D eigenvalue weighted by molar-refractivity contribution is 5.94. The molecule has 1 amide bonds. The van der Waals surface area contributed by atoms with E-state index in [1.807, 2.05) is 30.3 Å². The minimum absolute atomic E-state index is 0.0901. The SMILES string of the molecule is CCOC(=O)CNNC(=O)c1ccc2ccccc2n1. The van der Waals surface area contributed by atoms with Crippen molar-refractivity contribution in [3.8, 4) is 0 Å². The second-order valence-corrected chi connectivity index (χ2v) is 4.00. The topological polar surface area (TPSA) is 80.3 Å². The molecule has 0 fully saturated rings. The number of nitrogens with one attached hydrogen (secondary N) is 2. The van der Waals surface area contributed by atoms with Gasteiger partial charge in [0, 0.05) is 5.39 Å². The molecule has 6 heteroatoms. The fourth-order valence-electron chi connectivity index (χ4n) is 1.67. The van der Waals surface area contributed by atoms with Gasteiger partial charge >= 0.3 is 5.97 Å². The van der Waals surface area contributed by atoms with Gasteiger partial charge in [-0.1, -0.05) is 24.3 Å². The van der Waals surface area contributed by atoms with E-state index in [2.05, 4.69) is 15.8 Å². The molecule has 1 heterocycles. The molecule has 0 saturated heterocycles. The summed E-state index contributed by atoms with van der Waals surface area (Å²) in [5.74, 6) is -0.834. The average Bonchev–Trinajstić information content (AvgIpc) is 2.47. The van der Waals surface area contributed by atoms with E-state index >= 15 is 0 Å². The summed E-state index contributed by atoms with van der Waals surface area (Å²) >= 11 is 0. The van der Waals surface area contributed by atoms with E-state index in [4.69, 9.17) is 4.74 Å². The number of para-hydroxylation sites is 1. The van der Waals surface area contributed by atoms with Crippen molar-refractivity contribution in [3.63, 3.8) is 0 Å². The summed E-state index contributed by atoms with van der Waals surface area (Å²) < 4.78 is 4.72. The highest BCUT2D eigenvalue weighted by atomic mass is 16.5. The summed E-state index contributed by atoms with van der Waals surface area (Å²) in [4.78, 5) is 27.2. The van der Waals surface area contributed by atoms with Crippen LogP contribution in [-0.4, -0.2) is 30.0 Å². The molecule has 6 nitrogen and oxygen atoms in total. The van der Waals surface area contributed by atoms with Crippen LogP contribution in [0.1, 0.15) is 17.4 Å². The summed E-state index contributed by atoms with van der Waals surface area (Å²) in [7, 11) is 0. The van der Waals surface area contributed by atoms with Crippen molar-refractivity contribution < 1.29 is 14.3 Å². The molecule has 1 aromatic carbocycles. The quantitative estimate of drug-likeness (QED) is 0.628. The molecule has 0 spiro atoms. The molecule has 0 aliphatic rings. The molecule has 1 aromatic heterocycles. The molecule has 0 atom stereocenters. The minimum atomic E-state index is -0.431. The van der Waals surface area contributed by atoms with Crippen LogP contribution < -0.4 is 10.9 Å². The second kappa shape index (κ2) is 6.63. The molecular weight excluding hydrogens is 258 g/mol. The van der Waals surface area contributed by atoms with Crippen LogP contribution in [0.3, 0.4) is 0 Å². The predicted octanol–water partition coefficient (Wildman–Crippen LogP) is 1.03. The van der Waals surface area contributed by atoms with Gasteiger partial charge in [0.05, 0.1) is 12.1 Å². The molecule has 2 aromatic rings. The number of fused-ring (bicyclic) bond motifs is 1. The Morgan fingerprint density at radius 3 is 2.80 bits per heavy atom. The number of aromatic nitrogens is 1. The van der Waals surface area contributed by atoms with E-state index in [1.165, 1.54) is 0 Å². The van der Waals surface area contributed by atoms with E-state index in [9.17, 15) is 9.59 Å². The molecule has 104 valence electrons.